The zero-order valence-electron chi connectivity index (χ0n) is 17.5. The molecule has 0 bridgehead atoms. The number of hydrogen-bond acceptors (Lipinski definition) is 4. The number of likely N-dealkylation sites (tertiary alicyclic amines) is 1. The molecule has 4 rings (SSSR count). The van der Waals surface area contributed by atoms with Gasteiger partial charge in [0.25, 0.3) is 5.91 Å². The second-order valence-electron chi connectivity index (χ2n) is 8.25. The molecule has 29 heavy (non-hydrogen) atoms. The molecule has 6 nitrogen and oxygen atoms in total. The summed E-state index contributed by atoms with van der Waals surface area (Å²) in [6.45, 7) is 10.2. The van der Waals surface area contributed by atoms with Crippen LogP contribution in [0.15, 0.2) is 33.5 Å². The molecule has 1 fully saturated rings. The van der Waals surface area contributed by atoms with Crippen molar-refractivity contribution in [3.8, 4) is 0 Å². The summed E-state index contributed by atoms with van der Waals surface area (Å²) in [6.07, 6.45) is 1.83. The quantitative estimate of drug-likeness (QED) is 0.679. The number of hydrogen-bond donors (Lipinski definition) is 0. The molecule has 1 amide bonds. The SMILES string of the molecule is Cc1cc(C)n(CC2CCN(C(=O)c3cc(=O)c4cc(C)c(C)cc4o3)CC2)n1. The molecule has 3 heterocycles. The van der Waals surface area contributed by atoms with Crippen LogP contribution < -0.4 is 5.43 Å². The molecule has 0 N–H and O–H groups in total. The predicted molar refractivity (Wildman–Crippen MR) is 112 cm³/mol. The molecular formula is C23H27N3O3. The Morgan fingerprint density at radius 1 is 1.07 bits per heavy atom. The topological polar surface area (TPSA) is 68.3 Å². The van der Waals surface area contributed by atoms with Gasteiger partial charge < -0.3 is 9.32 Å². The maximum absolute atomic E-state index is 12.9. The average molecular weight is 393 g/mol. The zero-order chi connectivity index (χ0) is 20.7. The Bertz CT molecular complexity index is 1130. The molecule has 0 spiro atoms. The largest absolute Gasteiger partial charge is 0.451 e. The van der Waals surface area contributed by atoms with Gasteiger partial charge in [-0.15, -0.1) is 0 Å². The van der Waals surface area contributed by atoms with Crippen molar-refractivity contribution in [3.05, 3.63) is 62.8 Å². The Kier molecular flexibility index (Phi) is 5.03. The lowest BCUT2D eigenvalue weighted by atomic mass is 9.96. The van der Waals surface area contributed by atoms with Crippen molar-refractivity contribution in [2.24, 2.45) is 5.92 Å². The van der Waals surface area contributed by atoms with Crippen molar-refractivity contribution in [1.82, 2.24) is 14.7 Å². The first-order valence-electron chi connectivity index (χ1n) is 10.2. The molecule has 0 unspecified atom stereocenters. The van der Waals surface area contributed by atoms with Gasteiger partial charge in [0.05, 0.1) is 11.1 Å². The zero-order valence-corrected chi connectivity index (χ0v) is 17.5. The summed E-state index contributed by atoms with van der Waals surface area (Å²) < 4.78 is 7.89. The van der Waals surface area contributed by atoms with Crippen molar-refractivity contribution in [3.63, 3.8) is 0 Å². The Hall–Kier alpha value is -2.89. The number of rotatable bonds is 3. The molecule has 0 aliphatic carbocycles. The summed E-state index contributed by atoms with van der Waals surface area (Å²) in [5.41, 5.74) is 4.58. The van der Waals surface area contributed by atoms with Crippen LogP contribution in [0.3, 0.4) is 0 Å². The second kappa shape index (κ2) is 7.50. The van der Waals surface area contributed by atoms with Gasteiger partial charge in [0.15, 0.2) is 11.2 Å². The Morgan fingerprint density at radius 3 is 2.41 bits per heavy atom. The first kappa shape index (κ1) is 19.4. The molecule has 0 saturated carbocycles. The highest BCUT2D eigenvalue weighted by Gasteiger charge is 2.26. The lowest BCUT2D eigenvalue weighted by Crippen LogP contribution is -2.39. The number of benzene rings is 1. The number of carbonyl (C=O) groups excluding carboxylic acids is 1. The molecular weight excluding hydrogens is 366 g/mol. The van der Waals surface area contributed by atoms with Gasteiger partial charge in [0.2, 0.25) is 0 Å². The Balaban J connectivity index is 1.47. The van der Waals surface area contributed by atoms with Crippen LogP contribution in [0.2, 0.25) is 0 Å². The van der Waals surface area contributed by atoms with E-state index in [2.05, 4.69) is 22.8 Å². The number of carbonyl (C=O) groups is 1. The minimum absolute atomic E-state index is 0.128. The molecule has 152 valence electrons. The summed E-state index contributed by atoms with van der Waals surface area (Å²) >= 11 is 0. The van der Waals surface area contributed by atoms with E-state index in [1.807, 2.05) is 32.9 Å². The Morgan fingerprint density at radius 2 is 1.76 bits per heavy atom. The molecule has 1 aliphatic heterocycles. The molecule has 2 aromatic heterocycles. The Labute approximate surface area is 170 Å². The van der Waals surface area contributed by atoms with Crippen LogP contribution >= 0.6 is 0 Å². The van der Waals surface area contributed by atoms with Crippen LogP contribution in [0.1, 0.15) is 45.9 Å². The lowest BCUT2D eigenvalue weighted by Gasteiger charge is -2.31. The first-order chi connectivity index (χ1) is 13.8. The lowest BCUT2D eigenvalue weighted by molar-refractivity contribution is 0.0649. The highest BCUT2D eigenvalue weighted by Crippen LogP contribution is 2.23. The predicted octanol–water partition coefficient (Wildman–Crippen LogP) is 3.78. The smallest absolute Gasteiger partial charge is 0.289 e. The first-order valence-corrected chi connectivity index (χ1v) is 10.2. The van der Waals surface area contributed by atoms with Crippen molar-refractivity contribution < 1.29 is 9.21 Å². The van der Waals surface area contributed by atoms with Crippen LogP contribution in [-0.2, 0) is 6.54 Å². The number of amides is 1. The summed E-state index contributed by atoms with van der Waals surface area (Å²) in [7, 11) is 0. The third-order valence-corrected chi connectivity index (χ3v) is 5.99. The van der Waals surface area contributed by atoms with E-state index < -0.39 is 0 Å². The van der Waals surface area contributed by atoms with E-state index in [-0.39, 0.29) is 17.1 Å². The summed E-state index contributed by atoms with van der Waals surface area (Å²) in [5, 5.41) is 5.07. The van der Waals surface area contributed by atoms with Gasteiger partial charge in [-0.2, -0.15) is 5.10 Å². The minimum atomic E-state index is -0.202. The average Bonchev–Trinajstić information content (AvgIpc) is 3.00. The fourth-order valence-electron chi connectivity index (χ4n) is 4.10. The van der Waals surface area contributed by atoms with Gasteiger partial charge in [-0.05, 0) is 75.8 Å². The fourth-order valence-corrected chi connectivity index (χ4v) is 4.10. The molecule has 3 aromatic rings. The van der Waals surface area contributed by atoms with E-state index in [0.29, 0.717) is 30.0 Å². The van der Waals surface area contributed by atoms with E-state index >= 15 is 0 Å². The summed E-state index contributed by atoms with van der Waals surface area (Å²) in [5.74, 6) is 0.417. The van der Waals surface area contributed by atoms with Gasteiger partial charge in [0, 0.05) is 31.4 Å². The van der Waals surface area contributed by atoms with Gasteiger partial charge >= 0.3 is 0 Å². The number of aromatic nitrogens is 2. The van der Waals surface area contributed by atoms with E-state index in [4.69, 9.17) is 4.42 Å². The number of aryl methyl sites for hydroxylation is 4. The third-order valence-electron chi connectivity index (χ3n) is 5.99. The highest BCUT2D eigenvalue weighted by molar-refractivity contribution is 5.93. The van der Waals surface area contributed by atoms with Gasteiger partial charge in [-0.3, -0.25) is 14.3 Å². The third kappa shape index (κ3) is 3.84. The van der Waals surface area contributed by atoms with Crippen LogP contribution in [0.5, 0.6) is 0 Å². The van der Waals surface area contributed by atoms with Crippen LogP contribution in [0.25, 0.3) is 11.0 Å². The van der Waals surface area contributed by atoms with Crippen molar-refractivity contribution in [2.75, 3.05) is 13.1 Å². The maximum Gasteiger partial charge on any atom is 0.289 e. The van der Waals surface area contributed by atoms with Crippen LogP contribution in [-0.4, -0.2) is 33.7 Å². The van der Waals surface area contributed by atoms with Gasteiger partial charge in [-0.1, -0.05) is 0 Å². The van der Waals surface area contributed by atoms with Gasteiger partial charge in [-0.25, -0.2) is 0 Å². The maximum atomic E-state index is 12.9. The van der Waals surface area contributed by atoms with E-state index in [1.165, 1.54) is 11.8 Å². The number of piperidine rings is 1. The number of nitrogens with zero attached hydrogens (tertiary/aromatic N) is 3. The summed E-state index contributed by atoms with van der Waals surface area (Å²) in [6, 6.07) is 7.09. The normalized spacial score (nSPS) is 15.2. The van der Waals surface area contributed by atoms with Crippen molar-refractivity contribution in [2.45, 2.75) is 47.1 Å². The van der Waals surface area contributed by atoms with Crippen molar-refractivity contribution >= 4 is 16.9 Å². The molecule has 1 saturated heterocycles. The highest BCUT2D eigenvalue weighted by atomic mass is 16.3. The van der Waals surface area contributed by atoms with Crippen LogP contribution in [0, 0.1) is 33.6 Å². The standard InChI is InChI=1S/C23H27N3O3/c1-14-9-19-20(27)12-22(29-21(19)10-15(14)2)23(28)25-7-5-18(6-8-25)13-26-17(4)11-16(3)24-26/h9-12,18H,5-8,13H2,1-4H3. The van der Waals surface area contributed by atoms with Crippen molar-refractivity contribution in [1.29, 1.82) is 0 Å². The molecule has 0 radical (unpaired) electrons. The van der Waals surface area contributed by atoms with E-state index in [1.54, 1.807) is 4.90 Å². The minimum Gasteiger partial charge on any atom is -0.451 e. The monoisotopic (exact) mass is 393 g/mol. The number of fused-ring (bicyclic) bond motifs is 1. The fraction of sp³-hybridized carbons (Fsp3) is 0.435. The second-order valence-corrected chi connectivity index (χ2v) is 8.25. The molecule has 1 aromatic carbocycles. The molecule has 6 heteroatoms. The molecule has 0 atom stereocenters. The van der Waals surface area contributed by atoms with E-state index in [9.17, 15) is 9.59 Å². The summed E-state index contributed by atoms with van der Waals surface area (Å²) in [4.78, 5) is 27.2. The van der Waals surface area contributed by atoms with Crippen LogP contribution in [0.4, 0.5) is 0 Å². The molecule has 1 aliphatic rings. The van der Waals surface area contributed by atoms with Gasteiger partial charge in [0.1, 0.15) is 5.58 Å². The van der Waals surface area contributed by atoms with E-state index in [0.717, 1.165) is 36.2 Å².